The number of pyridine rings is 1. The Morgan fingerprint density at radius 3 is 2.83 bits per heavy atom. The molecule has 1 saturated heterocycles. The van der Waals surface area contributed by atoms with Crippen molar-refractivity contribution in [3.63, 3.8) is 0 Å². The number of nitrogens with zero attached hydrogens (tertiary/aromatic N) is 4. The molecule has 1 N–H and O–H groups in total. The highest BCUT2D eigenvalue weighted by molar-refractivity contribution is 5.97. The van der Waals surface area contributed by atoms with Crippen LogP contribution >= 0.6 is 0 Å². The number of amides is 2. The third-order valence-electron chi connectivity index (χ3n) is 6.31. The summed E-state index contributed by atoms with van der Waals surface area (Å²) in [6.07, 6.45) is 1.16. The van der Waals surface area contributed by atoms with E-state index in [1.807, 2.05) is 6.92 Å². The lowest BCUT2D eigenvalue weighted by molar-refractivity contribution is -0.133. The molecule has 3 atom stereocenters. The summed E-state index contributed by atoms with van der Waals surface area (Å²) in [6, 6.07) is 1.27. The Bertz CT molecular complexity index is 940. The summed E-state index contributed by atoms with van der Waals surface area (Å²) in [7, 11) is 3.32. The van der Waals surface area contributed by atoms with Crippen LogP contribution in [0.3, 0.4) is 0 Å². The van der Waals surface area contributed by atoms with E-state index < -0.39 is 6.10 Å². The van der Waals surface area contributed by atoms with Crippen LogP contribution in [0.1, 0.15) is 29.8 Å². The Balaban J connectivity index is 1.83. The van der Waals surface area contributed by atoms with Crippen LogP contribution in [0.15, 0.2) is 12.3 Å². The second-order valence-corrected chi connectivity index (χ2v) is 9.10. The van der Waals surface area contributed by atoms with E-state index in [9.17, 15) is 14.7 Å². The van der Waals surface area contributed by atoms with Gasteiger partial charge in [0.1, 0.15) is 18.3 Å². The fourth-order valence-electron chi connectivity index (χ4n) is 4.04. The van der Waals surface area contributed by atoms with E-state index in [-0.39, 0.29) is 48.4 Å². The molecular formula is C25H36N4O6. The first-order valence-electron chi connectivity index (χ1n) is 11.9. The van der Waals surface area contributed by atoms with Crippen LogP contribution in [0.5, 0.6) is 5.88 Å². The molecule has 0 radical (unpaired) electrons. The van der Waals surface area contributed by atoms with Crippen LogP contribution in [0.25, 0.3) is 0 Å². The van der Waals surface area contributed by atoms with Gasteiger partial charge in [-0.15, -0.1) is 0 Å². The van der Waals surface area contributed by atoms with Gasteiger partial charge in [0.05, 0.1) is 39.0 Å². The zero-order valence-electron chi connectivity index (χ0n) is 21.0. The van der Waals surface area contributed by atoms with Gasteiger partial charge in [0.25, 0.3) is 5.91 Å². The Hall–Kier alpha value is -2.71. The van der Waals surface area contributed by atoms with Gasteiger partial charge in [0.15, 0.2) is 0 Å². The Morgan fingerprint density at radius 2 is 2.14 bits per heavy atom. The molecule has 0 spiro atoms. The zero-order chi connectivity index (χ0) is 25.4. The second kappa shape index (κ2) is 12.8. The predicted octanol–water partition coefficient (Wildman–Crippen LogP) is 0.0902. The van der Waals surface area contributed by atoms with Gasteiger partial charge < -0.3 is 29.1 Å². The first-order valence-corrected chi connectivity index (χ1v) is 11.9. The normalized spacial score (nSPS) is 21.6. The molecule has 10 nitrogen and oxygen atoms in total. The van der Waals surface area contributed by atoms with Crippen molar-refractivity contribution in [2.45, 2.75) is 26.0 Å². The second-order valence-electron chi connectivity index (χ2n) is 9.10. The molecule has 0 aliphatic carbocycles. The Kier molecular flexibility index (Phi) is 9.86. The number of carbonyl (C=O) groups is 2. The average molecular weight is 489 g/mol. The number of fused-ring (bicyclic) bond motifs is 1. The van der Waals surface area contributed by atoms with E-state index in [4.69, 9.17) is 14.2 Å². The van der Waals surface area contributed by atoms with Gasteiger partial charge >= 0.3 is 0 Å². The number of rotatable bonds is 7. The van der Waals surface area contributed by atoms with Crippen molar-refractivity contribution in [1.82, 2.24) is 19.7 Å². The van der Waals surface area contributed by atoms with Crippen LogP contribution in [-0.4, -0.2) is 122 Å². The number of hydrogen-bond donors (Lipinski definition) is 1. The summed E-state index contributed by atoms with van der Waals surface area (Å²) in [5.74, 6) is 5.62. The molecule has 0 unspecified atom stereocenters. The molecule has 0 aromatic carbocycles. The van der Waals surface area contributed by atoms with Gasteiger partial charge in [-0.1, -0.05) is 18.8 Å². The van der Waals surface area contributed by atoms with E-state index in [1.165, 1.54) is 0 Å². The topological polar surface area (TPSA) is 105 Å². The maximum atomic E-state index is 13.4. The SMILES string of the molecule is COCC#Cc1cnc2c(c1)C(=O)N([C@@H](C)CO)C[C@@H](C)[C@@H](CN(C)C(=O)CN1CCOCC1)O2. The van der Waals surface area contributed by atoms with Gasteiger partial charge in [-0.05, 0) is 13.0 Å². The van der Waals surface area contributed by atoms with E-state index in [0.717, 1.165) is 13.1 Å². The van der Waals surface area contributed by atoms with E-state index >= 15 is 0 Å². The Labute approximate surface area is 207 Å². The largest absolute Gasteiger partial charge is 0.472 e. The van der Waals surface area contributed by atoms with Gasteiger partial charge in [-0.2, -0.15) is 0 Å². The summed E-state index contributed by atoms with van der Waals surface area (Å²) in [6.45, 7) is 7.65. The number of carbonyl (C=O) groups excluding carboxylic acids is 2. The number of hydrogen-bond acceptors (Lipinski definition) is 8. The quantitative estimate of drug-likeness (QED) is 0.539. The van der Waals surface area contributed by atoms with Gasteiger partial charge in [0, 0.05) is 51.5 Å². The maximum absolute atomic E-state index is 13.4. The van der Waals surface area contributed by atoms with Gasteiger partial charge in [-0.3, -0.25) is 14.5 Å². The van der Waals surface area contributed by atoms with Crippen LogP contribution in [0.4, 0.5) is 0 Å². The van der Waals surface area contributed by atoms with Crippen LogP contribution in [0.2, 0.25) is 0 Å². The number of aromatic nitrogens is 1. The predicted molar refractivity (Wildman–Crippen MR) is 129 cm³/mol. The highest BCUT2D eigenvalue weighted by Crippen LogP contribution is 2.27. The summed E-state index contributed by atoms with van der Waals surface area (Å²) in [5, 5.41) is 9.80. The van der Waals surface area contributed by atoms with Crippen molar-refractivity contribution < 1.29 is 28.9 Å². The van der Waals surface area contributed by atoms with Crippen molar-refractivity contribution in [2.24, 2.45) is 5.92 Å². The van der Waals surface area contributed by atoms with Crippen molar-refractivity contribution in [1.29, 1.82) is 0 Å². The summed E-state index contributed by atoms with van der Waals surface area (Å²) < 4.78 is 16.6. The first kappa shape index (κ1) is 26.9. The summed E-state index contributed by atoms with van der Waals surface area (Å²) in [4.78, 5) is 36.1. The van der Waals surface area contributed by atoms with E-state index in [0.29, 0.717) is 38.4 Å². The third-order valence-corrected chi connectivity index (χ3v) is 6.31. The molecule has 3 heterocycles. The molecule has 192 valence electrons. The van der Waals surface area contributed by atoms with Crippen LogP contribution in [-0.2, 0) is 14.3 Å². The van der Waals surface area contributed by atoms with E-state index in [2.05, 4.69) is 21.7 Å². The highest BCUT2D eigenvalue weighted by Gasteiger charge is 2.34. The number of morpholine rings is 1. The highest BCUT2D eigenvalue weighted by atomic mass is 16.5. The monoisotopic (exact) mass is 488 g/mol. The van der Waals surface area contributed by atoms with Gasteiger partial charge in [0.2, 0.25) is 11.8 Å². The van der Waals surface area contributed by atoms with Crippen molar-refractivity contribution in [3.05, 3.63) is 23.4 Å². The lowest BCUT2D eigenvalue weighted by Gasteiger charge is -2.38. The zero-order valence-corrected chi connectivity index (χ0v) is 21.0. The first-order chi connectivity index (χ1) is 16.8. The summed E-state index contributed by atoms with van der Waals surface area (Å²) >= 11 is 0. The van der Waals surface area contributed by atoms with Crippen molar-refractivity contribution >= 4 is 11.8 Å². The van der Waals surface area contributed by atoms with Crippen molar-refractivity contribution in [2.75, 3.05) is 73.3 Å². The molecule has 1 aromatic heterocycles. The van der Waals surface area contributed by atoms with E-state index in [1.54, 1.807) is 43.1 Å². The lowest BCUT2D eigenvalue weighted by Crippen LogP contribution is -2.51. The minimum atomic E-state index is -0.396. The fourth-order valence-corrected chi connectivity index (χ4v) is 4.04. The van der Waals surface area contributed by atoms with Crippen LogP contribution in [0, 0.1) is 17.8 Å². The minimum Gasteiger partial charge on any atom is -0.472 e. The minimum absolute atomic E-state index is 0.00151. The molecule has 0 bridgehead atoms. The lowest BCUT2D eigenvalue weighted by atomic mass is 10.00. The molecule has 10 heteroatoms. The molecule has 35 heavy (non-hydrogen) atoms. The number of aliphatic hydroxyl groups is 1. The average Bonchev–Trinajstić information content (AvgIpc) is 2.86. The number of likely N-dealkylation sites (N-methyl/N-ethyl adjacent to an activating group) is 1. The Morgan fingerprint density at radius 1 is 1.40 bits per heavy atom. The molecule has 2 amide bonds. The van der Waals surface area contributed by atoms with Crippen LogP contribution < -0.4 is 4.74 Å². The number of methoxy groups -OCH3 is 1. The molecule has 0 saturated carbocycles. The molecular weight excluding hydrogens is 452 g/mol. The van der Waals surface area contributed by atoms with Gasteiger partial charge in [-0.25, -0.2) is 4.98 Å². The standard InChI is InChI=1S/C25H36N4O6/c1-18-14-29(19(2)17-30)25(32)21-12-20(6-5-9-33-4)13-26-24(21)35-22(18)15-27(3)23(31)16-28-7-10-34-11-8-28/h12-13,18-19,22,30H,7-11,14-17H2,1-4H3/t18-,19+,22-/m1/s1. The molecule has 2 aliphatic rings. The molecule has 2 aliphatic heterocycles. The fraction of sp³-hybridized carbons (Fsp3) is 0.640. The van der Waals surface area contributed by atoms with Crippen molar-refractivity contribution in [3.8, 4) is 17.7 Å². The number of aliphatic hydroxyl groups excluding tert-OH is 1. The third kappa shape index (κ3) is 7.15. The molecule has 1 fully saturated rings. The number of ether oxygens (including phenoxy) is 3. The molecule has 3 rings (SSSR count). The molecule has 1 aromatic rings. The maximum Gasteiger partial charge on any atom is 0.259 e. The smallest absolute Gasteiger partial charge is 0.259 e. The summed E-state index contributed by atoms with van der Waals surface area (Å²) in [5.41, 5.74) is 0.853.